The molecule has 0 heterocycles. The second kappa shape index (κ2) is 6.10. The minimum absolute atomic E-state index is 0.0538. The summed E-state index contributed by atoms with van der Waals surface area (Å²) in [5.74, 6) is -1.39. The van der Waals surface area contributed by atoms with Gasteiger partial charge in [0.05, 0.1) is 12.0 Å². The molecule has 20 heavy (non-hydrogen) atoms. The van der Waals surface area contributed by atoms with Gasteiger partial charge in [-0.1, -0.05) is 51.1 Å². The molecule has 1 N–H and O–H groups in total. The third-order valence-electron chi connectivity index (χ3n) is 4.20. The number of carboxylic acids is 1. The van der Waals surface area contributed by atoms with Crippen LogP contribution >= 0.6 is 0 Å². The standard InChI is InChI=1S/C16H26O3Si/c1-12(15(17)18)14(13-10-8-7-9-11-13)19-20(5,6)16(2,3)4/h7-12,14H,1-6H3,(H,17,18)/t12-,14-/m0/s1. The minimum Gasteiger partial charge on any atom is -0.481 e. The number of hydrogen-bond donors (Lipinski definition) is 1. The van der Waals surface area contributed by atoms with E-state index in [0.29, 0.717) is 0 Å². The van der Waals surface area contributed by atoms with Gasteiger partial charge in [0.1, 0.15) is 0 Å². The zero-order valence-electron chi connectivity index (χ0n) is 13.3. The molecule has 0 unspecified atom stereocenters. The third kappa shape index (κ3) is 3.93. The van der Waals surface area contributed by atoms with Crippen LogP contribution in [0.15, 0.2) is 30.3 Å². The van der Waals surface area contributed by atoms with Crippen molar-refractivity contribution in [3.63, 3.8) is 0 Å². The highest BCUT2D eigenvalue weighted by Gasteiger charge is 2.41. The normalized spacial score (nSPS) is 15.7. The van der Waals surface area contributed by atoms with Crippen LogP contribution < -0.4 is 0 Å². The largest absolute Gasteiger partial charge is 0.481 e. The highest BCUT2D eigenvalue weighted by molar-refractivity contribution is 6.74. The number of carboxylic acid groups (broad SMARTS) is 1. The molecule has 0 saturated heterocycles. The van der Waals surface area contributed by atoms with Crippen LogP contribution in [0.3, 0.4) is 0 Å². The smallest absolute Gasteiger partial charge is 0.309 e. The minimum atomic E-state index is -2.02. The number of benzene rings is 1. The first-order valence-corrected chi connectivity index (χ1v) is 9.92. The van der Waals surface area contributed by atoms with Gasteiger partial charge in [-0.25, -0.2) is 0 Å². The molecule has 1 aromatic carbocycles. The van der Waals surface area contributed by atoms with E-state index in [-0.39, 0.29) is 5.04 Å². The topological polar surface area (TPSA) is 46.5 Å². The van der Waals surface area contributed by atoms with E-state index in [0.717, 1.165) is 5.56 Å². The van der Waals surface area contributed by atoms with Gasteiger partial charge in [0, 0.05) is 0 Å². The summed E-state index contributed by atoms with van der Waals surface area (Å²) in [6.07, 6.45) is -0.394. The molecule has 0 aliphatic heterocycles. The van der Waals surface area contributed by atoms with Crippen LogP contribution in [0.4, 0.5) is 0 Å². The lowest BCUT2D eigenvalue weighted by Gasteiger charge is -2.40. The Kier molecular flexibility index (Phi) is 5.16. The van der Waals surface area contributed by atoms with E-state index in [1.165, 1.54) is 0 Å². The van der Waals surface area contributed by atoms with Crippen molar-refractivity contribution >= 4 is 14.3 Å². The maximum atomic E-state index is 11.4. The summed E-state index contributed by atoms with van der Waals surface area (Å²) < 4.78 is 6.37. The first-order chi connectivity index (χ1) is 9.06. The lowest BCUT2D eigenvalue weighted by atomic mass is 9.98. The highest BCUT2D eigenvalue weighted by Crippen LogP contribution is 2.41. The van der Waals surface area contributed by atoms with Crippen molar-refractivity contribution in [3.8, 4) is 0 Å². The van der Waals surface area contributed by atoms with E-state index in [1.54, 1.807) is 6.92 Å². The first kappa shape index (κ1) is 16.9. The highest BCUT2D eigenvalue weighted by atomic mass is 28.4. The van der Waals surface area contributed by atoms with Crippen molar-refractivity contribution in [1.29, 1.82) is 0 Å². The molecule has 0 spiro atoms. The van der Waals surface area contributed by atoms with Gasteiger partial charge in [-0.05, 0) is 30.6 Å². The van der Waals surface area contributed by atoms with Crippen LogP contribution in [0.25, 0.3) is 0 Å². The number of carbonyl (C=O) groups is 1. The van der Waals surface area contributed by atoms with Crippen LogP contribution in [0.5, 0.6) is 0 Å². The lowest BCUT2D eigenvalue weighted by Crippen LogP contribution is -2.43. The van der Waals surface area contributed by atoms with Crippen molar-refractivity contribution in [3.05, 3.63) is 35.9 Å². The van der Waals surface area contributed by atoms with Crippen molar-refractivity contribution in [2.45, 2.75) is 51.9 Å². The molecule has 0 amide bonds. The van der Waals surface area contributed by atoms with E-state index in [9.17, 15) is 9.90 Å². The van der Waals surface area contributed by atoms with Crippen LogP contribution in [0.1, 0.15) is 39.4 Å². The first-order valence-electron chi connectivity index (χ1n) is 7.02. The van der Waals surface area contributed by atoms with Gasteiger partial charge in [0.25, 0.3) is 0 Å². The van der Waals surface area contributed by atoms with Gasteiger partial charge in [-0.3, -0.25) is 4.79 Å². The van der Waals surface area contributed by atoms with Crippen molar-refractivity contribution < 1.29 is 14.3 Å². The molecule has 0 fully saturated rings. The molecule has 2 atom stereocenters. The van der Waals surface area contributed by atoms with Crippen LogP contribution in [-0.2, 0) is 9.22 Å². The van der Waals surface area contributed by atoms with Crippen molar-refractivity contribution in [2.24, 2.45) is 5.92 Å². The summed E-state index contributed by atoms with van der Waals surface area (Å²) in [6.45, 7) is 12.5. The zero-order chi connectivity index (χ0) is 15.6. The summed E-state index contributed by atoms with van der Waals surface area (Å²) in [4.78, 5) is 11.4. The molecule has 0 aromatic heterocycles. The third-order valence-corrected chi connectivity index (χ3v) is 8.66. The predicted octanol–water partition coefficient (Wildman–Crippen LogP) is 4.47. The van der Waals surface area contributed by atoms with Gasteiger partial charge < -0.3 is 9.53 Å². The van der Waals surface area contributed by atoms with Crippen molar-refractivity contribution in [2.75, 3.05) is 0 Å². The van der Waals surface area contributed by atoms with E-state index in [4.69, 9.17) is 4.43 Å². The Labute approximate surface area is 123 Å². The van der Waals surface area contributed by atoms with Crippen LogP contribution in [-0.4, -0.2) is 19.4 Å². The average molecular weight is 294 g/mol. The summed E-state index contributed by atoms with van der Waals surface area (Å²) in [5.41, 5.74) is 0.937. The summed E-state index contributed by atoms with van der Waals surface area (Å²) in [6, 6.07) is 9.66. The molecular weight excluding hydrogens is 268 g/mol. The molecule has 0 aliphatic carbocycles. The van der Waals surface area contributed by atoms with Gasteiger partial charge in [0.2, 0.25) is 0 Å². The maximum absolute atomic E-state index is 11.4. The fourth-order valence-corrected chi connectivity index (χ4v) is 3.05. The van der Waals surface area contributed by atoms with Gasteiger partial charge >= 0.3 is 5.97 Å². The van der Waals surface area contributed by atoms with Gasteiger partial charge in [-0.15, -0.1) is 0 Å². The SMILES string of the molecule is C[C@H](C(=O)O)[C@H](O[Si](C)(C)C(C)(C)C)c1ccccc1. The molecule has 0 aliphatic rings. The Morgan fingerprint density at radius 2 is 1.70 bits per heavy atom. The van der Waals surface area contributed by atoms with Gasteiger partial charge in [-0.2, -0.15) is 0 Å². The van der Waals surface area contributed by atoms with Crippen LogP contribution in [0.2, 0.25) is 18.1 Å². The quantitative estimate of drug-likeness (QED) is 0.815. The second-order valence-corrected chi connectivity index (χ2v) is 11.6. The molecule has 3 nitrogen and oxygen atoms in total. The molecular formula is C16H26O3Si. The van der Waals surface area contributed by atoms with Crippen LogP contribution in [0, 0.1) is 5.92 Å². The molecule has 1 aromatic rings. The fourth-order valence-electron chi connectivity index (χ4n) is 1.73. The molecule has 0 saturated carbocycles. The van der Waals surface area contributed by atoms with E-state index in [1.807, 2.05) is 30.3 Å². The molecule has 0 bridgehead atoms. The Hall–Kier alpha value is -1.13. The maximum Gasteiger partial charge on any atom is 0.309 e. The molecule has 112 valence electrons. The Balaban J connectivity index is 3.11. The monoisotopic (exact) mass is 294 g/mol. The lowest BCUT2D eigenvalue weighted by molar-refractivity contribution is -0.144. The predicted molar refractivity (Wildman–Crippen MR) is 84.3 cm³/mol. The van der Waals surface area contributed by atoms with Crippen molar-refractivity contribution in [1.82, 2.24) is 0 Å². The molecule has 0 radical (unpaired) electrons. The van der Waals surface area contributed by atoms with E-state index >= 15 is 0 Å². The second-order valence-electron chi connectivity index (χ2n) is 6.84. The summed E-state index contributed by atoms with van der Waals surface area (Å²) >= 11 is 0. The zero-order valence-corrected chi connectivity index (χ0v) is 14.3. The van der Waals surface area contributed by atoms with E-state index < -0.39 is 26.3 Å². The summed E-state index contributed by atoms with van der Waals surface area (Å²) in [7, 11) is -2.02. The fraction of sp³-hybridized carbons (Fsp3) is 0.562. The number of aliphatic carboxylic acids is 1. The molecule has 1 rings (SSSR count). The molecule has 4 heteroatoms. The Morgan fingerprint density at radius 1 is 1.20 bits per heavy atom. The summed E-state index contributed by atoms with van der Waals surface area (Å²) in [5, 5.41) is 9.40. The number of hydrogen-bond acceptors (Lipinski definition) is 2. The van der Waals surface area contributed by atoms with Gasteiger partial charge in [0.15, 0.2) is 8.32 Å². The van der Waals surface area contributed by atoms with E-state index in [2.05, 4.69) is 33.9 Å². The Morgan fingerprint density at radius 3 is 2.10 bits per heavy atom. The number of rotatable bonds is 5. The average Bonchev–Trinajstić information content (AvgIpc) is 2.34. The Bertz CT molecular complexity index is 449.